The third kappa shape index (κ3) is 1.82. The molecule has 0 unspecified atom stereocenters. The fraction of sp³-hybridized carbons (Fsp3) is 0. The van der Waals surface area contributed by atoms with Crippen LogP contribution in [0.25, 0.3) is 22.8 Å². The van der Waals surface area contributed by atoms with E-state index >= 15 is 0 Å². The van der Waals surface area contributed by atoms with E-state index in [2.05, 4.69) is 20.2 Å². The third-order valence-corrected chi connectivity index (χ3v) is 2.56. The van der Waals surface area contributed by atoms with Crippen molar-refractivity contribution in [2.75, 3.05) is 0 Å². The number of phenolic OH excluding ortho intramolecular Hbond substituents is 1. The quantitative estimate of drug-likeness (QED) is 0.718. The second kappa shape index (κ2) is 4.29. The van der Waals surface area contributed by atoms with E-state index in [1.807, 2.05) is 18.2 Å². The van der Waals surface area contributed by atoms with Gasteiger partial charge in [0.05, 0.1) is 5.56 Å². The summed E-state index contributed by atoms with van der Waals surface area (Å²) in [7, 11) is 0. The van der Waals surface area contributed by atoms with Crippen LogP contribution in [0.5, 0.6) is 5.75 Å². The number of aromatic nitrogens is 4. The maximum Gasteiger partial charge on any atom is 0.183 e. The zero-order valence-corrected chi connectivity index (χ0v) is 9.41. The average molecular weight is 238 g/mol. The highest BCUT2D eigenvalue weighted by Crippen LogP contribution is 2.26. The van der Waals surface area contributed by atoms with Gasteiger partial charge in [0.2, 0.25) is 0 Å². The Morgan fingerprint density at radius 1 is 1.06 bits per heavy atom. The molecule has 2 heterocycles. The fourth-order valence-electron chi connectivity index (χ4n) is 1.68. The predicted molar refractivity (Wildman–Crippen MR) is 66.7 cm³/mol. The molecule has 18 heavy (non-hydrogen) atoms. The number of nitrogens with one attached hydrogen (secondary N) is 1. The van der Waals surface area contributed by atoms with Crippen LogP contribution in [0.1, 0.15) is 0 Å². The van der Waals surface area contributed by atoms with Crippen molar-refractivity contribution < 1.29 is 5.11 Å². The highest BCUT2D eigenvalue weighted by atomic mass is 16.3. The van der Waals surface area contributed by atoms with Crippen molar-refractivity contribution in [2.45, 2.75) is 0 Å². The van der Waals surface area contributed by atoms with Gasteiger partial charge in [0.15, 0.2) is 11.6 Å². The molecule has 0 fully saturated rings. The summed E-state index contributed by atoms with van der Waals surface area (Å²) in [6.07, 6.45) is 3.39. The Kier molecular flexibility index (Phi) is 2.49. The number of benzene rings is 1. The van der Waals surface area contributed by atoms with E-state index in [9.17, 15) is 5.11 Å². The van der Waals surface area contributed by atoms with Gasteiger partial charge in [0.25, 0.3) is 0 Å². The number of H-pyrrole nitrogens is 1. The van der Waals surface area contributed by atoms with E-state index in [4.69, 9.17) is 0 Å². The molecule has 0 amide bonds. The molecule has 3 rings (SSSR count). The van der Waals surface area contributed by atoms with E-state index in [1.54, 1.807) is 30.6 Å². The van der Waals surface area contributed by atoms with E-state index in [-0.39, 0.29) is 5.75 Å². The highest BCUT2D eigenvalue weighted by molar-refractivity contribution is 5.65. The summed E-state index contributed by atoms with van der Waals surface area (Å²) in [4.78, 5) is 8.36. The number of aromatic amines is 1. The van der Waals surface area contributed by atoms with Gasteiger partial charge in [-0.1, -0.05) is 12.1 Å². The molecule has 0 aliphatic heterocycles. The lowest BCUT2D eigenvalue weighted by atomic mass is 10.2. The topological polar surface area (TPSA) is 74.7 Å². The Balaban J connectivity index is 2.03. The first-order valence-corrected chi connectivity index (χ1v) is 5.46. The van der Waals surface area contributed by atoms with Crippen molar-refractivity contribution in [3.63, 3.8) is 0 Å². The number of hydrogen-bond acceptors (Lipinski definition) is 4. The summed E-state index contributed by atoms with van der Waals surface area (Å²) in [6, 6.07) is 10.7. The molecule has 2 aromatic heterocycles. The highest BCUT2D eigenvalue weighted by Gasteiger charge is 2.10. The summed E-state index contributed by atoms with van der Waals surface area (Å²) in [5, 5.41) is 16.7. The lowest BCUT2D eigenvalue weighted by molar-refractivity contribution is 0.477. The third-order valence-electron chi connectivity index (χ3n) is 2.56. The number of para-hydroxylation sites is 1. The fourth-order valence-corrected chi connectivity index (χ4v) is 1.68. The number of rotatable bonds is 2. The number of pyridine rings is 1. The molecule has 0 atom stereocenters. The van der Waals surface area contributed by atoms with Gasteiger partial charge in [0.1, 0.15) is 5.75 Å². The average Bonchev–Trinajstić information content (AvgIpc) is 2.90. The number of aromatic hydroxyl groups is 1. The van der Waals surface area contributed by atoms with E-state index in [0.717, 1.165) is 5.56 Å². The Morgan fingerprint density at radius 3 is 2.72 bits per heavy atom. The normalized spacial score (nSPS) is 10.4. The summed E-state index contributed by atoms with van der Waals surface area (Å²) < 4.78 is 0. The minimum atomic E-state index is 0.173. The summed E-state index contributed by atoms with van der Waals surface area (Å²) in [6.45, 7) is 0. The molecule has 5 nitrogen and oxygen atoms in total. The zero-order chi connectivity index (χ0) is 12.4. The largest absolute Gasteiger partial charge is 0.507 e. The van der Waals surface area contributed by atoms with Gasteiger partial charge in [-0.25, -0.2) is 4.98 Å². The molecule has 0 aliphatic rings. The van der Waals surface area contributed by atoms with Crippen LogP contribution in [0, 0.1) is 0 Å². The first kappa shape index (κ1) is 10.5. The van der Waals surface area contributed by atoms with Crippen LogP contribution in [0.15, 0.2) is 48.8 Å². The van der Waals surface area contributed by atoms with Crippen molar-refractivity contribution in [3.05, 3.63) is 48.8 Å². The van der Waals surface area contributed by atoms with Crippen LogP contribution >= 0.6 is 0 Å². The van der Waals surface area contributed by atoms with Gasteiger partial charge in [-0.3, -0.25) is 10.1 Å². The summed E-state index contributed by atoms with van der Waals surface area (Å²) in [5.41, 5.74) is 1.45. The van der Waals surface area contributed by atoms with Gasteiger partial charge in [-0.2, -0.15) is 5.10 Å². The van der Waals surface area contributed by atoms with Gasteiger partial charge in [-0.05, 0) is 24.3 Å². The Bertz CT molecular complexity index is 664. The zero-order valence-electron chi connectivity index (χ0n) is 9.41. The number of phenols is 1. The maximum atomic E-state index is 9.74. The van der Waals surface area contributed by atoms with E-state index in [0.29, 0.717) is 17.2 Å². The van der Waals surface area contributed by atoms with Crippen molar-refractivity contribution in [1.29, 1.82) is 0 Å². The van der Waals surface area contributed by atoms with Crippen LogP contribution in [0.2, 0.25) is 0 Å². The Hall–Kier alpha value is -2.69. The number of nitrogens with zero attached hydrogens (tertiary/aromatic N) is 3. The predicted octanol–water partition coefficient (Wildman–Crippen LogP) is 2.24. The standard InChI is InChI=1S/C13H10N4O/c18-11-6-2-1-5-10(11)13-15-12(16-17-13)9-4-3-7-14-8-9/h1-8,18H,(H,15,16,17). The van der Waals surface area contributed by atoms with Gasteiger partial charge < -0.3 is 5.11 Å². The molecule has 88 valence electrons. The SMILES string of the molecule is Oc1ccccc1-c1nc(-c2cccnc2)n[nH]1. The number of hydrogen-bond donors (Lipinski definition) is 2. The van der Waals surface area contributed by atoms with Crippen molar-refractivity contribution in [3.8, 4) is 28.5 Å². The van der Waals surface area contributed by atoms with Crippen LogP contribution in [0.3, 0.4) is 0 Å². The molecule has 2 N–H and O–H groups in total. The molecular formula is C13H10N4O. The first-order valence-electron chi connectivity index (χ1n) is 5.46. The molecule has 0 bridgehead atoms. The minimum absolute atomic E-state index is 0.173. The van der Waals surface area contributed by atoms with Crippen LogP contribution in [0.4, 0.5) is 0 Å². The van der Waals surface area contributed by atoms with Gasteiger partial charge in [0, 0.05) is 18.0 Å². The molecule has 0 aliphatic carbocycles. The van der Waals surface area contributed by atoms with Crippen molar-refractivity contribution in [1.82, 2.24) is 20.2 Å². The molecule has 1 aromatic carbocycles. The van der Waals surface area contributed by atoms with Gasteiger partial charge in [-0.15, -0.1) is 0 Å². The van der Waals surface area contributed by atoms with Crippen molar-refractivity contribution in [2.24, 2.45) is 0 Å². The van der Waals surface area contributed by atoms with Crippen LogP contribution in [-0.4, -0.2) is 25.3 Å². The molecule has 3 aromatic rings. The first-order chi connectivity index (χ1) is 8.84. The lowest BCUT2D eigenvalue weighted by Crippen LogP contribution is -1.82. The molecule has 0 saturated heterocycles. The van der Waals surface area contributed by atoms with Crippen molar-refractivity contribution >= 4 is 0 Å². The molecular weight excluding hydrogens is 228 g/mol. The second-order valence-corrected chi connectivity index (χ2v) is 3.77. The Labute approximate surface area is 103 Å². The second-order valence-electron chi connectivity index (χ2n) is 3.77. The molecule has 0 saturated carbocycles. The monoisotopic (exact) mass is 238 g/mol. The summed E-state index contributed by atoms with van der Waals surface area (Å²) in [5.74, 6) is 1.26. The van der Waals surface area contributed by atoms with E-state index in [1.165, 1.54) is 0 Å². The molecule has 5 heteroatoms. The van der Waals surface area contributed by atoms with E-state index < -0.39 is 0 Å². The van der Waals surface area contributed by atoms with Crippen LogP contribution in [-0.2, 0) is 0 Å². The minimum Gasteiger partial charge on any atom is -0.507 e. The summed E-state index contributed by atoms with van der Waals surface area (Å²) >= 11 is 0. The lowest BCUT2D eigenvalue weighted by Gasteiger charge is -1.98. The maximum absolute atomic E-state index is 9.74. The Morgan fingerprint density at radius 2 is 1.94 bits per heavy atom. The molecule has 0 radical (unpaired) electrons. The van der Waals surface area contributed by atoms with Gasteiger partial charge >= 0.3 is 0 Å². The van der Waals surface area contributed by atoms with Crippen LogP contribution < -0.4 is 0 Å². The molecule has 0 spiro atoms. The smallest absolute Gasteiger partial charge is 0.183 e.